The second-order valence-corrected chi connectivity index (χ2v) is 7.33. The van der Waals surface area contributed by atoms with Gasteiger partial charge < -0.3 is 10.2 Å². The molecule has 0 aliphatic carbocycles. The molecule has 1 saturated heterocycles. The lowest BCUT2D eigenvalue weighted by atomic mass is 10.1. The van der Waals surface area contributed by atoms with Crippen molar-refractivity contribution in [2.45, 2.75) is 46.1 Å². The van der Waals surface area contributed by atoms with Gasteiger partial charge in [0.25, 0.3) is 0 Å². The maximum atomic E-state index is 3.64. The van der Waals surface area contributed by atoms with E-state index in [1.807, 2.05) is 0 Å². The molecule has 1 atom stereocenters. The zero-order valence-corrected chi connectivity index (χ0v) is 13.6. The second kappa shape index (κ2) is 6.73. The van der Waals surface area contributed by atoms with E-state index in [9.17, 15) is 0 Å². The van der Waals surface area contributed by atoms with Crippen molar-refractivity contribution in [2.24, 2.45) is 5.92 Å². The average Bonchev–Trinajstić information content (AvgIpc) is 2.81. The number of aryl methyl sites for hydroxylation is 1. The van der Waals surface area contributed by atoms with Crippen LogP contribution in [-0.2, 0) is 6.42 Å². The van der Waals surface area contributed by atoms with E-state index in [0.717, 1.165) is 12.5 Å². The van der Waals surface area contributed by atoms with E-state index >= 15 is 0 Å². The molecule has 0 aromatic heterocycles. The Hall–Kier alpha value is -0.860. The van der Waals surface area contributed by atoms with Gasteiger partial charge in [-0.3, -0.25) is 0 Å². The van der Waals surface area contributed by atoms with Crippen LogP contribution in [-0.4, -0.2) is 36.6 Å². The molecule has 1 aliphatic heterocycles. The van der Waals surface area contributed by atoms with Gasteiger partial charge >= 0.3 is 0 Å². The summed E-state index contributed by atoms with van der Waals surface area (Å²) in [5, 5.41) is 3.64. The van der Waals surface area contributed by atoms with Crippen molar-refractivity contribution in [3.8, 4) is 0 Å². The van der Waals surface area contributed by atoms with Crippen LogP contribution >= 0.6 is 0 Å². The van der Waals surface area contributed by atoms with Gasteiger partial charge in [0.15, 0.2) is 0 Å². The summed E-state index contributed by atoms with van der Waals surface area (Å²) in [5.41, 5.74) is 3.09. The Balaban J connectivity index is 1.71. The molecule has 0 radical (unpaired) electrons. The van der Waals surface area contributed by atoms with Gasteiger partial charge in [-0.2, -0.15) is 0 Å². The van der Waals surface area contributed by atoms with Gasteiger partial charge in [-0.05, 0) is 65.1 Å². The highest BCUT2D eigenvalue weighted by molar-refractivity contribution is 5.22. The molecule has 0 spiro atoms. The molecule has 1 fully saturated rings. The van der Waals surface area contributed by atoms with Crippen LogP contribution in [0.3, 0.4) is 0 Å². The Labute approximate surface area is 124 Å². The predicted molar refractivity (Wildman–Crippen MR) is 87.2 cm³/mol. The first-order valence-corrected chi connectivity index (χ1v) is 7.95. The monoisotopic (exact) mass is 274 g/mol. The van der Waals surface area contributed by atoms with Crippen LogP contribution < -0.4 is 5.32 Å². The summed E-state index contributed by atoms with van der Waals surface area (Å²) in [6.07, 6.45) is 2.53. The van der Waals surface area contributed by atoms with Crippen LogP contribution in [0, 0.1) is 12.8 Å². The van der Waals surface area contributed by atoms with E-state index in [1.165, 1.54) is 43.6 Å². The van der Waals surface area contributed by atoms with E-state index in [4.69, 9.17) is 0 Å². The standard InChI is InChI=1S/C18H30N2/c1-15-6-5-7-16(12-15)8-10-20-11-9-17(14-20)13-19-18(2,3)4/h5-7,12,17,19H,8-11,13-14H2,1-4H3. The van der Waals surface area contributed by atoms with Gasteiger partial charge in [-0.15, -0.1) is 0 Å². The van der Waals surface area contributed by atoms with E-state index in [1.54, 1.807) is 0 Å². The number of rotatable bonds is 5. The zero-order valence-electron chi connectivity index (χ0n) is 13.6. The summed E-state index contributed by atoms with van der Waals surface area (Å²) in [6, 6.07) is 8.91. The molecule has 2 heteroatoms. The quantitative estimate of drug-likeness (QED) is 0.886. The number of benzene rings is 1. The van der Waals surface area contributed by atoms with Crippen LogP contribution in [0.25, 0.3) is 0 Å². The molecule has 112 valence electrons. The molecule has 1 aliphatic rings. The van der Waals surface area contributed by atoms with Gasteiger partial charge in [0.1, 0.15) is 0 Å². The fraction of sp³-hybridized carbons (Fsp3) is 0.667. The number of likely N-dealkylation sites (tertiary alicyclic amines) is 1. The highest BCUT2D eigenvalue weighted by Crippen LogP contribution is 2.17. The summed E-state index contributed by atoms with van der Waals surface area (Å²) in [5.74, 6) is 0.826. The molecule has 1 N–H and O–H groups in total. The minimum Gasteiger partial charge on any atom is -0.312 e. The van der Waals surface area contributed by atoms with E-state index in [2.05, 4.69) is 62.2 Å². The van der Waals surface area contributed by atoms with Gasteiger partial charge in [0.05, 0.1) is 0 Å². The maximum absolute atomic E-state index is 3.64. The topological polar surface area (TPSA) is 15.3 Å². The van der Waals surface area contributed by atoms with Crippen molar-refractivity contribution in [3.05, 3.63) is 35.4 Å². The Bertz CT molecular complexity index is 420. The van der Waals surface area contributed by atoms with Crippen molar-refractivity contribution in [2.75, 3.05) is 26.2 Å². The van der Waals surface area contributed by atoms with E-state index in [0.29, 0.717) is 0 Å². The van der Waals surface area contributed by atoms with Crippen molar-refractivity contribution in [3.63, 3.8) is 0 Å². The summed E-state index contributed by atoms with van der Waals surface area (Å²) in [7, 11) is 0. The summed E-state index contributed by atoms with van der Waals surface area (Å²) >= 11 is 0. The summed E-state index contributed by atoms with van der Waals surface area (Å²) in [4.78, 5) is 2.62. The lowest BCUT2D eigenvalue weighted by Crippen LogP contribution is -2.39. The SMILES string of the molecule is Cc1cccc(CCN2CCC(CNC(C)(C)C)C2)c1. The summed E-state index contributed by atoms with van der Waals surface area (Å²) in [6.45, 7) is 13.8. The molecule has 2 nitrogen and oxygen atoms in total. The number of nitrogens with zero attached hydrogens (tertiary/aromatic N) is 1. The smallest absolute Gasteiger partial charge is 0.00966 e. The van der Waals surface area contributed by atoms with Crippen molar-refractivity contribution < 1.29 is 0 Å². The number of nitrogens with one attached hydrogen (secondary N) is 1. The first-order chi connectivity index (χ1) is 9.42. The summed E-state index contributed by atoms with van der Waals surface area (Å²) < 4.78 is 0. The lowest BCUT2D eigenvalue weighted by Gasteiger charge is -2.23. The van der Waals surface area contributed by atoms with Crippen LogP contribution in [0.1, 0.15) is 38.3 Å². The molecule has 0 saturated carbocycles. The molecule has 1 unspecified atom stereocenters. The molecular formula is C18H30N2. The Kier molecular flexibility index (Phi) is 5.22. The third-order valence-corrected chi connectivity index (χ3v) is 4.09. The zero-order chi connectivity index (χ0) is 14.6. The normalized spacial score (nSPS) is 20.5. The Morgan fingerprint density at radius 1 is 1.30 bits per heavy atom. The average molecular weight is 274 g/mol. The lowest BCUT2D eigenvalue weighted by molar-refractivity contribution is 0.315. The Morgan fingerprint density at radius 2 is 2.10 bits per heavy atom. The fourth-order valence-electron chi connectivity index (χ4n) is 2.89. The highest BCUT2D eigenvalue weighted by atomic mass is 15.1. The highest BCUT2D eigenvalue weighted by Gasteiger charge is 2.23. The molecule has 1 aromatic carbocycles. The molecule has 0 amide bonds. The van der Waals surface area contributed by atoms with Gasteiger partial charge in [0.2, 0.25) is 0 Å². The number of hydrogen-bond acceptors (Lipinski definition) is 2. The maximum Gasteiger partial charge on any atom is 0.00966 e. The fourth-order valence-corrected chi connectivity index (χ4v) is 2.89. The van der Waals surface area contributed by atoms with Gasteiger partial charge in [-0.1, -0.05) is 29.8 Å². The van der Waals surface area contributed by atoms with Gasteiger partial charge in [0, 0.05) is 18.6 Å². The second-order valence-electron chi connectivity index (χ2n) is 7.33. The third-order valence-electron chi connectivity index (χ3n) is 4.09. The first kappa shape index (κ1) is 15.5. The van der Waals surface area contributed by atoms with Crippen molar-refractivity contribution in [1.29, 1.82) is 0 Å². The first-order valence-electron chi connectivity index (χ1n) is 7.95. The third kappa shape index (κ3) is 5.26. The van der Waals surface area contributed by atoms with Crippen LogP contribution in [0.2, 0.25) is 0 Å². The largest absolute Gasteiger partial charge is 0.312 e. The molecule has 0 bridgehead atoms. The van der Waals surface area contributed by atoms with Crippen molar-refractivity contribution >= 4 is 0 Å². The minimum absolute atomic E-state index is 0.245. The van der Waals surface area contributed by atoms with Crippen LogP contribution in [0.15, 0.2) is 24.3 Å². The minimum atomic E-state index is 0.245. The molecule has 1 heterocycles. The Morgan fingerprint density at radius 3 is 2.80 bits per heavy atom. The van der Waals surface area contributed by atoms with E-state index < -0.39 is 0 Å². The molecular weight excluding hydrogens is 244 g/mol. The molecule has 1 aromatic rings. The van der Waals surface area contributed by atoms with Crippen molar-refractivity contribution in [1.82, 2.24) is 10.2 Å². The van der Waals surface area contributed by atoms with E-state index in [-0.39, 0.29) is 5.54 Å². The molecule has 2 rings (SSSR count). The van der Waals surface area contributed by atoms with Gasteiger partial charge in [-0.25, -0.2) is 0 Å². The van der Waals surface area contributed by atoms with Crippen LogP contribution in [0.4, 0.5) is 0 Å². The molecule has 20 heavy (non-hydrogen) atoms. The number of hydrogen-bond donors (Lipinski definition) is 1. The van der Waals surface area contributed by atoms with Crippen LogP contribution in [0.5, 0.6) is 0 Å². The predicted octanol–water partition coefficient (Wildman–Crippen LogP) is 3.25.